The number of ether oxygens (including phenoxy) is 1. The van der Waals surface area contributed by atoms with Crippen LogP contribution in [0, 0.1) is 0 Å². The fourth-order valence-electron chi connectivity index (χ4n) is 5.40. The molecule has 38 heavy (non-hydrogen) atoms. The normalized spacial score (nSPS) is 20.0. The molecule has 2 aliphatic heterocycles. The maximum absolute atomic E-state index is 13.8. The summed E-state index contributed by atoms with van der Waals surface area (Å²) in [5, 5.41) is -1.21. The number of hydrogen-bond acceptors (Lipinski definition) is 6. The van der Waals surface area contributed by atoms with E-state index in [-0.39, 0.29) is 32.8 Å². The highest BCUT2D eigenvalue weighted by molar-refractivity contribution is 8.25. The van der Waals surface area contributed by atoms with E-state index < -0.39 is 25.7 Å². The average molecular weight is 564 g/mol. The van der Waals surface area contributed by atoms with E-state index in [0.717, 1.165) is 57.8 Å². The van der Waals surface area contributed by atoms with Crippen LogP contribution in [0.4, 0.5) is 0 Å². The Morgan fingerprint density at radius 3 is 2.29 bits per heavy atom. The van der Waals surface area contributed by atoms with Crippen molar-refractivity contribution in [1.82, 2.24) is 4.90 Å². The van der Waals surface area contributed by atoms with E-state index in [1.165, 1.54) is 24.6 Å². The van der Waals surface area contributed by atoms with Gasteiger partial charge in [0.05, 0.1) is 27.7 Å². The molecular weight excluding hydrogens is 522 g/mol. The first kappa shape index (κ1) is 28.9. The van der Waals surface area contributed by atoms with Crippen molar-refractivity contribution in [3.05, 3.63) is 53.6 Å². The molecule has 0 bridgehead atoms. The van der Waals surface area contributed by atoms with Gasteiger partial charge in [-0.05, 0) is 43.5 Å². The molecule has 0 aliphatic carbocycles. The molecule has 2 N–H and O–H groups in total. The number of likely N-dealkylation sites (tertiary alicyclic amines) is 1. The van der Waals surface area contributed by atoms with Gasteiger partial charge in [0.1, 0.15) is 11.0 Å². The Morgan fingerprint density at radius 2 is 1.61 bits per heavy atom. The van der Waals surface area contributed by atoms with Crippen LogP contribution in [0.15, 0.2) is 52.3 Å². The maximum atomic E-state index is 13.8. The standard InChI is InChI=1S/C29H41NO6S2/c1-2-3-4-5-8-14-21-36-28-24(29(31)30-19-12-6-7-13-20-30)17-18-25-27(28)26(22-37(25,32)33)38(34,35)23-15-10-9-11-16-23/h9-11,15-18,26,32-33H,2-8,12-14,19-22H2,1H3. The van der Waals surface area contributed by atoms with Crippen LogP contribution < -0.4 is 4.74 Å². The summed E-state index contributed by atoms with van der Waals surface area (Å²) in [6.07, 6.45) is 10.4. The van der Waals surface area contributed by atoms with Crippen molar-refractivity contribution < 1.29 is 27.1 Å². The Hall–Kier alpha value is -2.07. The fourth-order valence-corrected chi connectivity index (χ4v) is 9.81. The zero-order chi connectivity index (χ0) is 27.2. The Bertz CT molecular complexity index is 1190. The van der Waals surface area contributed by atoms with Gasteiger partial charge in [0.15, 0.2) is 9.84 Å². The third-order valence-corrected chi connectivity index (χ3v) is 11.7. The van der Waals surface area contributed by atoms with Crippen molar-refractivity contribution in [3.63, 3.8) is 0 Å². The Kier molecular flexibility index (Phi) is 9.79. The van der Waals surface area contributed by atoms with Crippen molar-refractivity contribution in [2.75, 3.05) is 25.4 Å². The summed E-state index contributed by atoms with van der Waals surface area (Å²) in [4.78, 5) is 15.8. The number of hydrogen-bond donors (Lipinski definition) is 2. The molecule has 1 fully saturated rings. The molecule has 0 spiro atoms. The van der Waals surface area contributed by atoms with Crippen LogP contribution in [-0.2, 0) is 9.84 Å². The zero-order valence-corrected chi connectivity index (χ0v) is 23.9. The summed E-state index contributed by atoms with van der Waals surface area (Å²) in [5.41, 5.74) is 0.544. The third-order valence-electron chi connectivity index (χ3n) is 7.53. The summed E-state index contributed by atoms with van der Waals surface area (Å²) in [6.45, 7) is 3.80. The first-order chi connectivity index (χ1) is 18.3. The second kappa shape index (κ2) is 12.9. The topological polar surface area (TPSA) is 104 Å². The Balaban J connectivity index is 1.73. The summed E-state index contributed by atoms with van der Waals surface area (Å²) < 4.78 is 55.8. The van der Waals surface area contributed by atoms with Crippen LogP contribution in [0.1, 0.15) is 92.3 Å². The molecule has 2 aromatic rings. The average Bonchev–Trinajstić information content (AvgIpc) is 3.06. The van der Waals surface area contributed by atoms with E-state index in [4.69, 9.17) is 4.74 Å². The van der Waals surface area contributed by atoms with Gasteiger partial charge < -0.3 is 9.64 Å². The minimum absolute atomic E-state index is 0.110. The highest BCUT2D eigenvalue weighted by Gasteiger charge is 2.46. The third kappa shape index (κ3) is 6.38. The van der Waals surface area contributed by atoms with Gasteiger partial charge in [-0.2, -0.15) is 10.6 Å². The summed E-state index contributed by atoms with van der Waals surface area (Å²) >= 11 is 0. The molecule has 1 saturated heterocycles. The number of sulfone groups is 1. The van der Waals surface area contributed by atoms with Gasteiger partial charge in [0.2, 0.25) is 0 Å². The number of amides is 1. The van der Waals surface area contributed by atoms with Gasteiger partial charge >= 0.3 is 0 Å². The van der Waals surface area contributed by atoms with Crippen molar-refractivity contribution in [2.24, 2.45) is 0 Å². The molecule has 4 rings (SSSR count). The minimum atomic E-state index is -3.97. The van der Waals surface area contributed by atoms with Crippen molar-refractivity contribution in [2.45, 2.75) is 86.2 Å². The van der Waals surface area contributed by atoms with Crippen LogP contribution in [0.2, 0.25) is 0 Å². The van der Waals surface area contributed by atoms with Crippen LogP contribution in [0.5, 0.6) is 5.75 Å². The number of nitrogens with zero attached hydrogens (tertiary/aromatic N) is 1. The van der Waals surface area contributed by atoms with Crippen molar-refractivity contribution in [3.8, 4) is 5.75 Å². The molecule has 210 valence electrons. The lowest BCUT2D eigenvalue weighted by atomic mass is 10.0. The molecule has 1 atom stereocenters. The van der Waals surface area contributed by atoms with Gasteiger partial charge in [-0.15, -0.1) is 0 Å². The first-order valence-corrected chi connectivity index (χ1v) is 17.2. The first-order valence-electron chi connectivity index (χ1n) is 13.9. The number of benzene rings is 2. The van der Waals surface area contributed by atoms with E-state index in [9.17, 15) is 22.3 Å². The lowest BCUT2D eigenvalue weighted by Crippen LogP contribution is -2.32. The minimum Gasteiger partial charge on any atom is -0.492 e. The molecule has 9 heteroatoms. The SMILES string of the molecule is CCCCCCCCOc1c(C(=O)N2CCCCCC2)ccc2c1C(S(=O)(=O)c1ccccc1)CS2(O)O. The molecule has 7 nitrogen and oxygen atoms in total. The molecule has 2 heterocycles. The molecule has 0 saturated carbocycles. The van der Waals surface area contributed by atoms with Crippen LogP contribution in [-0.4, -0.2) is 53.8 Å². The van der Waals surface area contributed by atoms with Crippen LogP contribution in [0.25, 0.3) is 0 Å². The summed E-state index contributed by atoms with van der Waals surface area (Å²) in [7, 11) is -7.34. The number of rotatable bonds is 11. The second-order valence-corrected chi connectivity index (χ2v) is 14.6. The monoisotopic (exact) mass is 563 g/mol. The molecule has 1 amide bonds. The van der Waals surface area contributed by atoms with E-state index >= 15 is 0 Å². The van der Waals surface area contributed by atoms with E-state index in [1.807, 2.05) is 4.90 Å². The maximum Gasteiger partial charge on any atom is 0.257 e. The highest BCUT2D eigenvalue weighted by Crippen LogP contribution is 2.63. The summed E-state index contributed by atoms with van der Waals surface area (Å²) in [5.74, 6) is -0.326. The Labute approximate surface area is 228 Å². The molecule has 0 radical (unpaired) electrons. The number of fused-ring (bicyclic) bond motifs is 1. The van der Waals surface area contributed by atoms with Crippen molar-refractivity contribution in [1.29, 1.82) is 0 Å². The predicted molar refractivity (Wildman–Crippen MR) is 152 cm³/mol. The molecular formula is C29H41NO6S2. The molecule has 1 unspecified atom stereocenters. The van der Waals surface area contributed by atoms with Gasteiger partial charge in [-0.3, -0.25) is 13.9 Å². The van der Waals surface area contributed by atoms with Crippen molar-refractivity contribution >= 4 is 26.3 Å². The lowest BCUT2D eigenvalue weighted by Gasteiger charge is -2.28. The fraction of sp³-hybridized carbons (Fsp3) is 0.552. The predicted octanol–water partition coefficient (Wildman–Crippen LogP) is 7.08. The van der Waals surface area contributed by atoms with Gasteiger partial charge in [-0.1, -0.05) is 70.1 Å². The van der Waals surface area contributed by atoms with Crippen LogP contribution >= 0.6 is 10.6 Å². The van der Waals surface area contributed by atoms with E-state index in [2.05, 4.69) is 6.92 Å². The molecule has 2 aliphatic rings. The Morgan fingerprint density at radius 1 is 0.947 bits per heavy atom. The number of carbonyl (C=O) groups excluding carboxylic acids is 1. The van der Waals surface area contributed by atoms with Crippen LogP contribution in [0.3, 0.4) is 0 Å². The summed E-state index contributed by atoms with van der Waals surface area (Å²) in [6, 6.07) is 11.2. The highest BCUT2D eigenvalue weighted by atomic mass is 32.3. The lowest BCUT2D eigenvalue weighted by molar-refractivity contribution is 0.0756. The number of carbonyl (C=O) groups is 1. The quantitative estimate of drug-likeness (QED) is 0.283. The van der Waals surface area contributed by atoms with Gasteiger partial charge in [-0.25, -0.2) is 8.42 Å². The number of unbranched alkanes of at least 4 members (excludes halogenated alkanes) is 5. The zero-order valence-electron chi connectivity index (χ0n) is 22.3. The smallest absolute Gasteiger partial charge is 0.257 e. The molecule has 2 aromatic carbocycles. The largest absolute Gasteiger partial charge is 0.492 e. The van der Waals surface area contributed by atoms with E-state index in [1.54, 1.807) is 24.3 Å². The van der Waals surface area contributed by atoms with E-state index in [0.29, 0.717) is 25.3 Å². The second-order valence-electron chi connectivity index (χ2n) is 10.4. The molecule has 0 aromatic heterocycles. The van der Waals surface area contributed by atoms with Gasteiger partial charge in [0, 0.05) is 18.7 Å². The van der Waals surface area contributed by atoms with Gasteiger partial charge in [0.25, 0.3) is 5.91 Å².